The largest absolute Gasteiger partial charge is 0.356 e. The van der Waals surface area contributed by atoms with Crippen LogP contribution in [0.5, 0.6) is 0 Å². The van der Waals surface area contributed by atoms with Crippen molar-refractivity contribution in [1.82, 2.24) is 9.80 Å². The van der Waals surface area contributed by atoms with Gasteiger partial charge in [-0.25, -0.2) is 4.39 Å². The number of halogens is 1. The molecule has 0 saturated carbocycles. The zero-order valence-corrected chi connectivity index (χ0v) is 13.6. The highest BCUT2D eigenvalue weighted by atomic mass is 19.1. The monoisotopic (exact) mass is 286 g/mol. The van der Waals surface area contributed by atoms with Gasteiger partial charge in [0.15, 0.2) is 0 Å². The van der Waals surface area contributed by atoms with Crippen LogP contribution in [0.25, 0.3) is 0 Å². The molecule has 2 aliphatic rings. The summed E-state index contributed by atoms with van der Waals surface area (Å²) in [6, 6.07) is 0.590. The van der Waals surface area contributed by atoms with E-state index in [9.17, 15) is 4.39 Å². The van der Waals surface area contributed by atoms with Crippen molar-refractivity contribution in [3.63, 3.8) is 0 Å². The molecule has 0 unspecified atom stereocenters. The summed E-state index contributed by atoms with van der Waals surface area (Å²) < 4.78 is 19.7. The molecule has 0 aliphatic carbocycles. The van der Waals surface area contributed by atoms with E-state index in [0.29, 0.717) is 25.0 Å². The van der Waals surface area contributed by atoms with Crippen molar-refractivity contribution in [3.8, 4) is 0 Å². The van der Waals surface area contributed by atoms with Gasteiger partial charge in [0.25, 0.3) is 0 Å². The van der Waals surface area contributed by atoms with E-state index >= 15 is 0 Å². The molecule has 2 aliphatic heterocycles. The molecule has 4 heteroatoms. The molecular formula is C16H31FN2O. The highest BCUT2D eigenvalue weighted by Gasteiger charge is 2.35. The normalized spacial score (nSPS) is 28.2. The third-order valence-corrected chi connectivity index (χ3v) is 4.78. The number of rotatable bonds is 4. The van der Waals surface area contributed by atoms with Crippen molar-refractivity contribution in [2.75, 3.05) is 26.2 Å². The van der Waals surface area contributed by atoms with Crippen LogP contribution < -0.4 is 0 Å². The molecule has 0 spiro atoms. The van der Waals surface area contributed by atoms with Crippen LogP contribution in [0.15, 0.2) is 0 Å². The second kappa shape index (κ2) is 6.71. The molecule has 0 aromatic carbocycles. The van der Waals surface area contributed by atoms with Crippen molar-refractivity contribution >= 4 is 0 Å². The summed E-state index contributed by atoms with van der Waals surface area (Å²) in [5.74, 6) is 0. The fourth-order valence-corrected chi connectivity index (χ4v) is 3.40. The van der Waals surface area contributed by atoms with Crippen LogP contribution in [0.1, 0.15) is 53.4 Å². The first-order chi connectivity index (χ1) is 9.38. The van der Waals surface area contributed by atoms with Crippen LogP contribution in [0.3, 0.4) is 0 Å². The number of nitrogens with zero attached hydrogens (tertiary/aromatic N) is 2. The summed E-state index contributed by atoms with van der Waals surface area (Å²) >= 11 is 0. The Bertz CT molecular complexity index is 301. The summed E-state index contributed by atoms with van der Waals surface area (Å²) in [5, 5.41) is 0. The predicted molar refractivity (Wildman–Crippen MR) is 80.6 cm³/mol. The minimum atomic E-state index is -0.617. The second-order valence-electron chi connectivity index (χ2n) is 7.08. The Morgan fingerprint density at radius 3 is 2.35 bits per heavy atom. The molecule has 0 aromatic heterocycles. The SMILES string of the molecule is CC(C)N1CCC[C@@H](OC(C)(C)N2CCC(F)CC2)C1. The van der Waals surface area contributed by atoms with Crippen molar-refractivity contribution in [3.05, 3.63) is 0 Å². The molecule has 0 aromatic rings. The maximum absolute atomic E-state index is 13.3. The highest BCUT2D eigenvalue weighted by molar-refractivity contribution is 4.83. The van der Waals surface area contributed by atoms with E-state index in [1.54, 1.807) is 0 Å². The summed E-state index contributed by atoms with van der Waals surface area (Å²) in [6.45, 7) is 12.6. The topological polar surface area (TPSA) is 15.7 Å². The van der Waals surface area contributed by atoms with Crippen LogP contribution in [0, 0.1) is 0 Å². The molecule has 118 valence electrons. The summed E-state index contributed by atoms with van der Waals surface area (Å²) in [7, 11) is 0. The Morgan fingerprint density at radius 2 is 1.75 bits per heavy atom. The van der Waals surface area contributed by atoms with Gasteiger partial charge in [0.05, 0.1) is 6.10 Å². The molecule has 2 rings (SSSR count). The molecule has 2 heterocycles. The Hall–Kier alpha value is -0.190. The smallest absolute Gasteiger partial charge is 0.116 e. The summed E-state index contributed by atoms with van der Waals surface area (Å²) in [4.78, 5) is 4.80. The van der Waals surface area contributed by atoms with Gasteiger partial charge in [0, 0.05) is 25.7 Å². The summed E-state index contributed by atoms with van der Waals surface area (Å²) in [6.07, 6.45) is 3.35. The lowest BCUT2D eigenvalue weighted by molar-refractivity contribution is -0.184. The van der Waals surface area contributed by atoms with Gasteiger partial charge in [-0.15, -0.1) is 0 Å². The number of hydrogen-bond acceptors (Lipinski definition) is 3. The number of piperidine rings is 2. The molecule has 0 N–H and O–H groups in total. The predicted octanol–water partition coefficient (Wildman–Crippen LogP) is 3.05. The zero-order valence-electron chi connectivity index (χ0n) is 13.6. The van der Waals surface area contributed by atoms with Crippen molar-refractivity contribution in [1.29, 1.82) is 0 Å². The fourth-order valence-electron chi connectivity index (χ4n) is 3.40. The van der Waals surface area contributed by atoms with Gasteiger partial charge in [0.1, 0.15) is 11.9 Å². The maximum Gasteiger partial charge on any atom is 0.116 e. The van der Waals surface area contributed by atoms with Gasteiger partial charge in [0.2, 0.25) is 0 Å². The third-order valence-electron chi connectivity index (χ3n) is 4.78. The molecule has 2 saturated heterocycles. The van der Waals surface area contributed by atoms with Gasteiger partial charge < -0.3 is 4.74 Å². The zero-order chi connectivity index (χ0) is 14.8. The fraction of sp³-hybridized carbons (Fsp3) is 1.00. The number of hydrogen-bond donors (Lipinski definition) is 0. The molecular weight excluding hydrogens is 255 g/mol. The van der Waals surface area contributed by atoms with E-state index in [2.05, 4.69) is 37.5 Å². The van der Waals surface area contributed by atoms with E-state index < -0.39 is 6.17 Å². The minimum absolute atomic E-state index is 0.273. The minimum Gasteiger partial charge on any atom is -0.356 e. The molecule has 0 radical (unpaired) electrons. The Balaban J connectivity index is 1.87. The summed E-state index contributed by atoms with van der Waals surface area (Å²) in [5.41, 5.74) is -0.273. The molecule has 20 heavy (non-hydrogen) atoms. The van der Waals surface area contributed by atoms with Crippen LogP contribution in [0.2, 0.25) is 0 Å². The van der Waals surface area contributed by atoms with E-state index in [0.717, 1.165) is 26.1 Å². The Kier molecular flexibility index (Phi) is 5.43. The number of likely N-dealkylation sites (tertiary alicyclic amines) is 2. The van der Waals surface area contributed by atoms with Crippen LogP contribution in [-0.4, -0.2) is 60.0 Å². The average Bonchev–Trinajstić information content (AvgIpc) is 2.39. The lowest BCUT2D eigenvalue weighted by Gasteiger charge is -2.45. The lowest BCUT2D eigenvalue weighted by Crippen LogP contribution is -2.54. The average molecular weight is 286 g/mol. The number of ether oxygens (including phenoxy) is 1. The molecule has 0 amide bonds. The van der Waals surface area contributed by atoms with Gasteiger partial charge in [-0.1, -0.05) is 0 Å². The van der Waals surface area contributed by atoms with E-state index in [1.807, 2.05) is 0 Å². The maximum atomic E-state index is 13.3. The van der Waals surface area contributed by atoms with Gasteiger partial charge in [-0.3, -0.25) is 9.80 Å². The quantitative estimate of drug-likeness (QED) is 0.790. The van der Waals surface area contributed by atoms with E-state index in [4.69, 9.17) is 4.74 Å². The van der Waals surface area contributed by atoms with Crippen molar-refractivity contribution in [2.45, 2.75) is 77.4 Å². The van der Waals surface area contributed by atoms with Gasteiger partial charge in [-0.05, 0) is 59.9 Å². The molecule has 1 atom stereocenters. The first-order valence-electron chi connectivity index (χ1n) is 8.19. The first-order valence-corrected chi connectivity index (χ1v) is 8.19. The highest BCUT2D eigenvalue weighted by Crippen LogP contribution is 2.27. The second-order valence-corrected chi connectivity index (χ2v) is 7.08. The molecule has 3 nitrogen and oxygen atoms in total. The van der Waals surface area contributed by atoms with Crippen LogP contribution >= 0.6 is 0 Å². The molecule has 2 fully saturated rings. The molecule has 0 bridgehead atoms. The Morgan fingerprint density at radius 1 is 1.10 bits per heavy atom. The van der Waals surface area contributed by atoms with Gasteiger partial charge in [-0.2, -0.15) is 0 Å². The number of alkyl halides is 1. The van der Waals surface area contributed by atoms with E-state index in [-0.39, 0.29) is 5.72 Å². The van der Waals surface area contributed by atoms with Crippen LogP contribution in [0.4, 0.5) is 4.39 Å². The van der Waals surface area contributed by atoms with Crippen LogP contribution in [-0.2, 0) is 4.74 Å². The first kappa shape index (κ1) is 16.2. The Labute approximate surface area is 123 Å². The lowest BCUT2D eigenvalue weighted by atomic mass is 10.0. The van der Waals surface area contributed by atoms with Crippen molar-refractivity contribution < 1.29 is 9.13 Å². The van der Waals surface area contributed by atoms with Gasteiger partial charge >= 0.3 is 0 Å². The standard InChI is InChI=1S/C16H31FN2O/c1-13(2)18-9-5-6-15(12-18)20-16(3,4)19-10-7-14(17)8-11-19/h13-15H,5-12H2,1-4H3/t15-/m1/s1. The van der Waals surface area contributed by atoms with Crippen molar-refractivity contribution in [2.24, 2.45) is 0 Å². The third kappa shape index (κ3) is 4.15. The van der Waals surface area contributed by atoms with E-state index in [1.165, 1.54) is 13.0 Å².